The zero-order valence-electron chi connectivity index (χ0n) is 10.5. The van der Waals surface area contributed by atoms with Crippen molar-refractivity contribution in [3.05, 3.63) is 67.5 Å². The highest BCUT2D eigenvalue weighted by molar-refractivity contribution is 14.1. The minimum absolute atomic E-state index is 0.0802. The molecule has 1 nitrogen and oxygen atoms in total. The van der Waals surface area contributed by atoms with E-state index in [1.807, 2.05) is 18.2 Å². The fourth-order valence-corrected chi connectivity index (χ4v) is 2.97. The molecule has 1 unspecified atom stereocenters. The summed E-state index contributed by atoms with van der Waals surface area (Å²) in [6, 6.07) is 13.6. The minimum atomic E-state index is -0.235. The lowest BCUT2D eigenvalue weighted by atomic mass is 9.99. The lowest BCUT2D eigenvalue weighted by Crippen LogP contribution is -2.22. The van der Waals surface area contributed by atoms with E-state index < -0.39 is 0 Å². The fraction of sp³-hybridized carbons (Fsp3) is 0.200. The maximum atomic E-state index is 13.3. The second-order valence-corrected chi connectivity index (χ2v) is 6.32. The summed E-state index contributed by atoms with van der Waals surface area (Å²) in [6.07, 6.45) is 0. The van der Waals surface area contributed by atoms with Crippen LogP contribution in [0.3, 0.4) is 0 Å². The summed E-state index contributed by atoms with van der Waals surface area (Å²) in [5, 5.41) is 3.44. The molecular weight excluding hydrogens is 420 g/mol. The Bertz CT molecular complexity index is 574. The molecule has 100 valence electrons. The standard InChI is InChI=1S/C15H14BrFIN/c1-2-19-15(10-4-3-5-12(18)8-10)11-6-7-14(17)13(16)9-11/h3-9,15,19H,2H2,1H3. The maximum Gasteiger partial charge on any atom is 0.137 e. The molecule has 0 aliphatic heterocycles. The SMILES string of the molecule is CCNC(c1cccc(I)c1)c1ccc(F)c(Br)c1. The van der Waals surface area contributed by atoms with Crippen LogP contribution in [0.2, 0.25) is 0 Å². The smallest absolute Gasteiger partial charge is 0.137 e. The van der Waals surface area contributed by atoms with Crippen LogP contribution in [0.25, 0.3) is 0 Å². The average molecular weight is 434 g/mol. The largest absolute Gasteiger partial charge is 0.307 e. The van der Waals surface area contributed by atoms with Gasteiger partial charge in [0, 0.05) is 3.57 Å². The van der Waals surface area contributed by atoms with Gasteiger partial charge < -0.3 is 5.32 Å². The Morgan fingerprint density at radius 3 is 2.58 bits per heavy atom. The van der Waals surface area contributed by atoms with Crippen molar-refractivity contribution < 1.29 is 4.39 Å². The first-order chi connectivity index (χ1) is 9.11. The van der Waals surface area contributed by atoms with Crippen molar-refractivity contribution in [1.29, 1.82) is 0 Å². The van der Waals surface area contributed by atoms with E-state index in [1.165, 1.54) is 15.2 Å². The van der Waals surface area contributed by atoms with Crippen LogP contribution in [0.15, 0.2) is 46.9 Å². The van der Waals surface area contributed by atoms with Gasteiger partial charge in [0.2, 0.25) is 0 Å². The molecule has 0 fully saturated rings. The van der Waals surface area contributed by atoms with Crippen LogP contribution >= 0.6 is 38.5 Å². The van der Waals surface area contributed by atoms with Crippen molar-refractivity contribution in [2.75, 3.05) is 6.54 Å². The normalized spacial score (nSPS) is 12.4. The molecule has 0 radical (unpaired) electrons. The van der Waals surface area contributed by atoms with Crippen molar-refractivity contribution >= 4 is 38.5 Å². The lowest BCUT2D eigenvalue weighted by molar-refractivity contribution is 0.608. The molecule has 0 bridgehead atoms. The van der Waals surface area contributed by atoms with E-state index in [1.54, 1.807) is 0 Å². The van der Waals surface area contributed by atoms with Crippen LogP contribution in [-0.2, 0) is 0 Å². The molecule has 1 N–H and O–H groups in total. The topological polar surface area (TPSA) is 12.0 Å². The fourth-order valence-electron chi connectivity index (χ4n) is 2.01. The van der Waals surface area contributed by atoms with E-state index in [9.17, 15) is 4.39 Å². The van der Waals surface area contributed by atoms with Crippen molar-refractivity contribution in [2.45, 2.75) is 13.0 Å². The molecule has 2 aromatic carbocycles. The van der Waals surface area contributed by atoms with Gasteiger partial charge in [0.1, 0.15) is 5.82 Å². The molecule has 1 atom stereocenters. The molecule has 2 rings (SSSR count). The molecule has 19 heavy (non-hydrogen) atoms. The summed E-state index contributed by atoms with van der Waals surface area (Å²) in [6.45, 7) is 2.92. The number of hydrogen-bond donors (Lipinski definition) is 1. The van der Waals surface area contributed by atoms with Crippen LogP contribution in [0, 0.1) is 9.39 Å². The lowest BCUT2D eigenvalue weighted by Gasteiger charge is -2.19. The third-order valence-electron chi connectivity index (χ3n) is 2.87. The molecule has 0 heterocycles. The van der Waals surface area contributed by atoms with Gasteiger partial charge in [-0.05, 0) is 80.5 Å². The van der Waals surface area contributed by atoms with E-state index in [2.05, 4.69) is 69.0 Å². The first kappa shape index (κ1) is 14.9. The molecule has 2 aromatic rings. The van der Waals surface area contributed by atoms with Crippen molar-refractivity contribution in [3.8, 4) is 0 Å². The Hall–Kier alpha value is -0.460. The molecule has 4 heteroatoms. The van der Waals surface area contributed by atoms with Gasteiger partial charge in [-0.1, -0.05) is 25.1 Å². The monoisotopic (exact) mass is 433 g/mol. The van der Waals surface area contributed by atoms with Crippen molar-refractivity contribution in [1.82, 2.24) is 5.32 Å². The highest BCUT2D eigenvalue weighted by atomic mass is 127. The number of benzene rings is 2. The molecular formula is C15H14BrFIN. The third-order valence-corrected chi connectivity index (χ3v) is 4.15. The number of nitrogens with one attached hydrogen (secondary N) is 1. The van der Waals surface area contributed by atoms with Crippen LogP contribution < -0.4 is 5.32 Å². The van der Waals surface area contributed by atoms with E-state index >= 15 is 0 Å². The molecule has 0 aliphatic rings. The van der Waals surface area contributed by atoms with Crippen LogP contribution in [0.4, 0.5) is 4.39 Å². The second kappa shape index (κ2) is 6.81. The highest BCUT2D eigenvalue weighted by Crippen LogP contribution is 2.27. The van der Waals surface area contributed by atoms with Gasteiger partial charge >= 0.3 is 0 Å². The molecule has 0 spiro atoms. The number of halogens is 3. The quantitative estimate of drug-likeness (QED) is 0.676. The van der Waals surface area contributed by atoms with Gasteiger partial charge in [-0.3, -0.25) is 0 Å². The minimum Gasteiger partial charge on any atom is -0.307 e. The van der Waals surface area contributed by atoms with Gasteiger partial charge in [0.25, 0.3) is 0 Å². The van der Waals surface area contributed by atoms with Crippen molar-refractivity contribution in [3.63, 3.8) is 0 Å². The Labute approximate surface area is 134 Å². The number of rotatable bonds is 4. The molecule has 0 saturated carbocycles. The van der Waals surface area contributed by atoms with E-state index in [0.29, 0.717) is 4.47 Å². The first-order valence-electron chi connectivity index (χ1n) is 6.05. The predicted molar refractivity (Wildman–Crippen MR) is 88.8 cm³/mol. The summed E-state index contributed by atoms with van der Waals surface area (Å²) >= 11 is 5.55. The van der Waals surface area contributed by atoms with Crippen LogP contribution in [-0.4, -0.2) is 6.54 Å². The molecule has 0 saturated heterocycles. The maximum absolute atomic E-state index is 13.3. The van der Waals surface area contributed by atoms with E-state index in [-0.39, 0.29) is 11.9 Å². The number of hydrogen-bond acceptors (Lipinski definition) is 1. The molecule has 0 aromatic heterocycles. The van der Waals surface area contributed by atoms with E-state index in [0.717, 1.165) is 12.1 Å². The van der Waals surface area contributed by atoms with Gasteiger partial charge in [-0.25, -0.2) is 4.39 Å². The zero-order chi connectivity index (χ0) is 13.8. The Morgan fingerprint density at radius 2 is 1.95 bits per heavy atom. The summed E-state index contributed by atoms with van der Waals surface area (Å²) in [7, 11) is 0. The Kier molecular flexibility index (Phi) is 5.36. The highest BCUT2D eigenvalue weighted by Gasteiger charge is 2.14. The first-order valence-corrected chi connectivity index (χ1v) is 7.92. The predicted octanol–water partition coefficient (Wildman–Crippen LogP) is 4.89. The summed E-state index contributed by atoms with van der Waals surface area (Å²) in [4.78, 5) is 0. The van der Waals surface area contributed by atoms with Gasteiger partial charge in [-0.2, -0.15) is 0 Å². The van der Waals surface area contributed by atoms with Crippen LogP contribution in [0.5, 0.6) is 0 Å². The van der Waals surface area contributed by atoms with Gasteiger partial charge in [-0.15, -0.1) is 0 Å². The molecule has 0 amide bonds. The van der Waals surface area contributed by atoms with Crippen LogP contribution in [0.1, 0.15) is 24.1 Å². The second-order valence-electron chi connectivity index (χ2n) is 4.22. The average Bonchev–Trinajstić information content (AvgIpc) is 2.39. The Morgan fingerprint density at radius 1 is 1.21 bits per heavy atom. The zero-order valence-corrected chi connectivity index (χ0v) is 14.2. The summed E-state index contributed by atoms with van der Waals surface area (Å²) < 4.78 is 15.0. The Balaban J connectivity index is 2.42. The summed E-state index contributed by atoms with van der Waals surface area (Å²) in [5.74, 6) is -0.235. The van der Waals surface area contributed by atoms with Gasteiger partial charge in [0.15, 0.2) is 0 Å². The summed E-state index contributed by atoms with van der Waals surface area (Å²) in [5.41, 5.74) is 2.24. The van der Waals surface area contributed by atoms with Crippen molar-refractivity contribution in [2.24, 2.45) is 0 Å². The third kappa shape index (κ3) is 3.77. The van der Waals surface area contributed by atoms with E-state index in [4.69, 9.17) is 0 Å². The van der Waals surface area contributed by atoms with Gasteiger partial charge in [0.05, 0.1) is 10.5 Å². The molecule has 0 aliphatic carbocycles.